The largest absolute Gasteiger partial charge is 0.496 e. The van der Waals surface area contributed by atoms with Gasteiger partial charge in [-0.25, -0.2) is 19.4 Å². The fraction of sp³-hybridized carbons (Fsp3) is 0.386. The summed E-state index contributed by atoms with van der Waals surface area (Å²) < 4.78 is 19.2. The first kappa shape index (κ1) is 54.9. The predicted molar refractivity (Wildman–Crippen MR) is 295 cm³/mol. The highest BCUT2D eigenvalue weighted by Gasteiger charge is 2.33. The maximum absolute atomic E-state index is 13.8. The van der Waals surface area contributed by atoms with Crippen molar-refractivity contribution < 1.29 is 38.2 Å². The Morgan fingerprint density at radius 2 is 1.49 bits per heavy atom. The maximum atomic E-state index is 13.8. The molecule has 1 aliphatic carbocycles. The van der Waals surface area contributed by atoms with Gasteiger partial charge in [-0.2, -0.15) is 4.98 Å². The van der Waals surface area contributed by atoms with Gasteiger partial charge >= 0.3 is 18.2 Å². The minimum atomic E-state index is -1.05. The Kier molecular flexibility index (Phi) is 18.5. The van der Waals surface area contributed by atoms with Crippen LogP contribution in [0.2, 0.25) is 0 Å². The molecular formula is C57H70N12O8. The Morgan fingerprint density at radius 3 is 2.18 bits per heavy atom. The summed E-state index contributed by atoms with van der Waals surface area (Å²) in [5.74, 6) is 0.0939. The zero-order valence-electron chi connectivity index (χ0n) is 44.1. The predicted octanol–water partition coefficient (Wildman–Crippen LogP) is 7.22. The van der Waals surface area contributed by atoms with Crippen molar-refractivity contribution in [3.63, 3.8) is 0 Å². The van der Waals surface area contributed by atoms with Crippen LogP contribution in [-0.2, 0) is 38.8 Å². The van der Waals surface area contributed by atoms with E-state index >= 15 is 0 Å². The number of aromatic nitrogens is 3. The molecule has 6 amide bonds. The number of nitrogens with one attached hydrogen (secondary N) is 6. The Labute approximate surface area is 448 Å². The van der Waals surface area contributed by atoms with Crippen molar-refractivity contribution in [2.75, 3.05) is 56.3 Å². The molecule has 1 saturated heterocycles. The van der Waals surface area contributed by atoms with Gasteiger partial charge in [-0.3, -0.25) is 14.5 Å². The van der Waals surface area contributed by atoms with E-state index in [0.29, 0.717) is 43.9 Å². The first-order valence-corrected chi connectivity index (χ1v) is 26.3. The second-order valence-electron chi connectivity index (χ2n) is 19.9. The average Bonchev–Trinajstić information content (AvgIpc) is 3.99. The smallest absolute Gasteiger partial charge is 0.407 e. The molecule has 20 heteroatoms. The molecule has 2 aliphatic rings. The van der Waals surface area contributed by atoms with Gasteiger partial charge in [-0.05, 0) is 82.8 Å². The molecule has 0 unspecified atom stereocenters. The number of hydrogen-bond donors (Lipinski definition) is 8. The first-order valence-electron chi connectivity index (χ1n) is 26.3. The first-order chi connectivity index (χ1) is 37.3. The molecular weight excluding hydrogens is 981 g/mol. The summed E-state index contributed by atoms with van der Waals surface area (Å²) in [6.07, 6.45) is 4.43. The van der Waals surface area contributed by atoms with Crippen molar-refractivity contribution in [2.24, 2.45) is 11.7 Å². The molecule has 0 spiro atoms. The summed E-state index contributed by atoms with van der Waals surface area (Å²) in [5, 5.41) is 17.2. The fourth-order valence-electron chi connectivity index (χ4n) is 9.83. The number of carbonyl (C=O) groups excluding carboxylic acids is 5. The van der Waals surface area contributed by atoms with Crippen LogP contribution in [0.3, 0.4) is 0 Å². The summed E-state index contributed by atoms with van der Waals surface area (Å²) >= 11 is 0. The topological polar surface area (TPSA) is 271 Å². The number of nitrogens with zero attached hydrogens (tertiary/aromatic N) is 4. The van der Waals surface area contributed by atoms with Crippen molar-refractivity contribution >= 4 is 58.5 Å². The number of hydrogen-bond acceptors (Lipinski definition) is 13. The highest BCUT2D eigenvalue weighted by Crippen LogP contribution is 2.44. The molecule has 4 aromatic carbocycles. The highest BCUT2D eigenvalue weighted by molar-refractivity contribution is 5.98. The third-order valence-electron chi connectivity index (χ3n) is 13.8. The van der Waals surface area contributed by atoms with Crippen molar-refractivity contribution in [3.05, 3.63) is 131 Å². The van der Waals surface area contributed by atoms with Gasteiger partial charge < -0.3 is 62.1 Å². The van der Waals surface area contributed by atoms with E-state index in [1.54, 1.807) is 45.2 Å². The number of primary amides is 1. The zero-order valence-corrected chi connectivity index (χ0v) is 44.1. The number of unbranched alkanes of at least 4 members (excludes halogenated alkanes) is 2. The molecule has 2 aromatic heterocycles. The van der Waals surface area contributed by atoms with Crippen molar-refractivity contribution in [3.8, 4) is 16.9 Å². The Balaban J connectivity index is 0.781. The van der Waals surface area contributed by atoms with Crippen LogP contribution in [0.15, 0.2) is 103 Å². The molecule has 406 valence electrons. The standard InChI is InChI=1S/C57H70N12O8/c1-5-6-11-25-60-51-50-46(65-54(58)67-51)24-27-69(50)30-38-21-18-37(28-48(38)75-4)29-68-31-40(32-68)63-56(73)76-33-36-19-22-39(23-20-36)62-52(70)47(17-12-26-61-55(59)72)64-53(71)49(35(2)3)66-57(74)77-34-45-43-15-9-7-13-41(43)42-14-8-10-16-44(42)45/h7-10,13-16,18-24,27-28,35,40,45,47,49H,5-6,11-12,17,25-26,29-34H2,1-4H3,(H,62,70)(H,63,73)(H,64,71)(H,66,74)(H3,59,61,72)(H3,58,60,65,67)/t47-,49-/m0/s1. The molecule has 0 bridgehead atoms. The number of likely N-dealkylation sites (tertiary alicyclic amines) is 1. The van der Waals surface area contributed by atoms with Gasteiger partial charge in [0.05, 0.1) is 25.2 Å². The number of alkyl carbamates (subject to hydrolysis) is 2. The number of benzene rings is 4. The number of rotatable bonds is 25. The van der Waals surface area contributed by atoms with E-state index in [1.807, 2.05) is 66.9 Å². The molecule has 0 radical (unpaired) electrons. The summed E-state index contributed by atoms with van der Waals surface area (Å²) in [4.78, 5) is 76.2. The van der Waals surface area contributed by atoms with Gasteiger partial charge in [-0.15, -0.1) is 0 Å². The van der Waals surface area contributed by atoms with Crippen LogP contribution < -0.4 is 48.1 Å². The molecule has 1 fully saturated rings. The lowest BCUT2D eigenvalue weighted by Gasteiger charge is -2.39. The van der Waals surface area contributed by atoms with Crippen LogP contribution in [0, 0.1) is 5.92 Å². The second kappa shape index (κ2) is 25.9. The van der Waals surface area contributed by atoms with Gasteiger partial charge in [0.15, 0.2) is 5.82 Å². The normalized spacial score (nSPS) is 13.9. The summed E-state index contributed by atoms with van der Waals surface area (Å²) in [7, 11) is 1.67. The quantitative estimate of drug-likeness (QED) is 0.0264. The van der Waals surface area contributed by atoms with Gasteiger partial charge in [-0.1, -0.05) is 106 Å². The number of anilines is 3. The Morgan fingerprint density at radius 1 is 0.779 bits per heavy atom. The molecule has 3 heterocycles. The lowest BCUT2D eigenvalue weighted by molar-refractivity contribution is -0.128. The molecule has 6 aromatic rings. The third kappa shape index (κ3) is 14.3. The Bertz CT molecular complexity index is 2990. The summed E-state index contributed by atoms with van der Waals surface area (Å²) in [6.45, 7) is 9.30. The van der Waals surface area contributed by atoms with Crippen LogP contribution >= 0.6 is 0 Å². The highest BCUT2D eigenvalue weighted by atomic mass is 16.6. The van der Waals surface area contributed by atoms with Gasteiger partial charge in [0, 0.05) is 56.1 Å². The SMILES string of the molecule is CCCCCNc1nc(N)nc2ccn(Cc3ccc(CN4CC(NC(=O)OCc5ccc(NC(=O)[C@H](CCCNC(N)=O)NC(=O)[C@@H](NC(=O)OCC6c7ccccc7-c7ccccc76)C(C)C)cc5)C4)cc3OC)c12. The van der Waals surface area contributed by atoms with E-state index < -0.39 is 42.1 Å². The molecule has 20 nitrogen and oxygen atoms in total. The number of nitrogens with two attached hydrogens (primary N) is 2. The molecule has 10 N–H and O–H groups in total. The summed E-state index contributed by atoms with van der Waals surface area (Å²) in [5.41, 5.74) is 20.5. The number of urea groups is 1. The van der Waals surface area contributed by atoms with Crippen LogP contribution in [0.25, 0.3) is 22.2 Å². The molecule has 2 atom stereocenters. The molecule has 8 rings (SSSR count). The minimum absolute atomic E-state index is 0.00187. The lowest BCUT2D eigenvalue weighted by Crippen LogP contribution is -2.58. The van der Waals surface area contributed by atoms with E-state index in [4.69, 9.17) is 25.7 Å². The van der Waals surface area contributed by atoms with E-state index in [0.717, 1.165) is 81.8 Å². The van der Waals surface area contributed by atoms with Gasteiger partial charge in [0.2, 0.25) is 17.8 Å². The fourth-order valence-corrected chi connectivity index (χ4v) is 9.83. The summed E-state index contributed by atoms with van der Waals surface area (Å²) in [6, 6.07) is 28.1. The van der Waals surface area contributed by atoms with Crippen molar-refractivity contribution in [1.29, 1.82) is 0 Å². The minimum Gasteiger partial charge on any atom is -0.496 e. The molecule has 1 aliphatic heterocycles. The van der Waals surface area contributed by atoms with Crippen LogP contribution in [0.4, 0.5) is 31.8 Å². The van der Waals surface area contributed by atoms with Crippen LogP contribution in [0.5, 0.6) is 5.75 Å². The number of methoxy groups -OCH3 is 1. The van der Waals surface area contributed by atoms with E-state index in [1.165, 1.54) is 0 Å². The average molecular weight is 1050 g/mol. The zero-order chi connectivity index (χ0) is 54.4. The van der Waals surface area contributed by atoms with Crippen molar-refractivity contribution in [2.45, 2.75) is 96.6 Å². The van der Waals surface area contributed by atoms with Crippen LogP contribution in [0.1, 0.15) is 86.6 Å². The monoisotopic (exact) mass is 1050 g/mol. The van der Waals surface area contributed by atoms with E-state index in [2.05, 4.69) is 70.4 Å². The van der Waals surface area contributed by atoms with E-state index in [-0.39, 0.29) is 50.0 Å². The van der Waals surface area contributed by atoms with Crippen LogP contribution in [-0.4, -0.2) is 107 Å². The van der Waals surface area contributed by atoms with Gasteiger partial charge in [0.1, 0.15) is 36.6 Å². The molecule has 0 saturated carbocycles. The number of ether oxygens (including phenoxy) is 3. The number of carbonyl (C=O) groups is 5. The van der Waals surface area contributed by atoms with Gasteiger partial charge in [0.25, 0.3) is 0 Å². The second-order valence-corrected chi connectivity index (χ2v) is 19.9. The number of nitrogen functional groups attached to an aromatic ring is 1. The Hall–Kier alpha value is -8.39. The van der Waals surface area contributed by atoms with E-state index in [9.17, 15) is 24.0 Å². The number of fused-ring (bicyclic) bond motifs is 4. The maximum Gasteiger partial charge on any atom is 0.407 e. The molecule has 77 heavy (non-hydrogen) atoms. The third-order valence-corrected chi connectivity index (χ3v) is 13.8. The lowest BCUT2D eigenvalue weighted by atomic mass is 9.98. The van der Waals surface area contributed by atoms with Crippen molar-refractivity contribution in [1.82, 2.24) is 40.7 Å². The number of amides is 6.